The maximum atomic E-state index is 12.9. The lowest BCUT2D eigenvalue weighted by atomic mass is 9.97. The average Bonchev–Trinajstić information content (AvgIpc) is 3.33. The van der Waals surface area contributed by atoms with E-state index < -0.39 is 10.0 Å². The number of nitrogens with one attached hydrogen (secondary N) is 1. The number of piperidine rings is 1. The predicted molar refractivity (Wildman–Crippen MR) is 118 cm³/mol. The van der Waals surface area contributed by atoms with Crippen LogP contribution in [-0.2, 0) is 14.8 Å². The molecule has 3 heterocycles. The number of aromatic nitrogens is 2. The molecule has 1 aliphatic rings. The van der Waals surface area contributed by atoms with E-state index in [0.29, 0.717) is 24.2 Å². The van der Waals surface area contributed by atoms with Crippen molar-refractivity contribution >= 4 is 33.0 Å². The lowest BCUT2D eigenvalue weighted by Crippen LogP contribution is -2.41. The fourth-order valence-electron chi connectivity index (χ4n) is 3.79. The number of thiazole rings is 1. The molecule has 0 radical (unpaired) electrons. The van der Waals surface area contributed by atoms with Crippen molar-refractivity contribution < 1.29 is 17.7 Å². The number of hydrogen-bond acceptors (Lipinski definition) is 7. The Morgan fingerprint density at radius 3 is 2.39 bits per heavy atom. The zero-order valence-electron chi connectivity index (χ0n) is 17.6. The molecule has 8 nitrogen and oxygen atoms in total. The van der Waals surface area contributed by atoms with E-state index in [1.54, 1.807) is 25.2 Å². The molecule has 164 valence electrons. The third-order valence-electron chi connectivity index (χ3n) is 5.46. The van der Waals surface area contributed by atoms with Crippen LogP contribution in [0.1, 0.15) is 29.3 Å². The summed E-state index contributed by atoms with van der Waals surface area (Å²) in [7, 11) is -3.68. The quantitative estimate of drug-likeness (QED) is 0.621. The zero-order valence-corrected chi connectivity index (χ0v) is 19.2. The van der Waals surface area contributed by atoms with Gasteiger partial charge in [-0.25, -0.2) is 13.4 Å². The van der Waals surface area contributed by atoms with Gasteiger partial charge in [0.15, 0.2) is 5.76 Å². The lowest BCUT2D eigenvalue weighted by molar-refractivity contribution is -0.120. The number of anilines is 1. The van der Waals surface area contributed by atoms with Gasteiger partial charge in [-0.3, -0.25) is 4.79 Å². The predicted octanol–water partition coefficient (Wildman–Crippen LogP) is 3.76. The van der Waals surface area contributed by atoms with Gasteiger partial charge in [0, 0.05) is 35.6 Å². The molecule has 0 bridgehead atoms. The summed E-state index contributed by atoms with van der Waals surface area (Å²) in [5.41, 5.74) is 2.99. The molecule has 0 aliphatic carbocycles. The molecule has 0 spiro atoms. The number of aryl methyl sites for hydroxylation is 3. The first kappa shape index (κ1) is 21.7. The third kappa shape index (κ3) is 4.41. The number of hydrogen-bond donors (Lipinski definition) is 1. The molecule has 10 heteroatoms. The van der Waals surface area contributed by atoms with Crippen molar-refractivity contribution in [1.82, 2.24) is 14.4 Å². The Balaban J connectivity index is 1.36. The van der Waals surface area contributed by atoms with Crippen molar-refractivity contribution in [3.63, 3.8) is 0 Å². The van der Waals surface area contributed by atoms with Gasteiger partial charge in [0.25, 0.3) is 0 Å². The van der Waals surface area contributed by atoms with Crippen LogP contribution in [0.4, 0.5) is 5.69 Å². The molecule has 31 heavy (non-hydrogen) atoms. The van der Waals surface area contributed by atoms with Crippen molar-refractivity contribution in [2.24, 2.45) is 5.92 Å². The van der Waals surface area contributed by atoms with E-state index in [9.17, 15) is 13.2 Å². The van der Waals surface area contributed by atoms with Gasteiger partial charge in [-0.1, -0.05) is 17.3 Å². The topological polar surface area (TPSA) is 105 Å². The molecule has 2 aromatic heterocycles. The molecule has 1 amide bonds. The molecule has 3 aromatic rings. The van der Waals surface area contributed by atoms with Crippen molar-refractivity contribution in [2.45, 2.75) is 38.5 Å². The van der Waals surface area contributed by atoms with E-state index in [1.807, 2.05) is 36.6 Å². The molecule has 1 fully saturated rings. The minimum Gasteiger partial charge on any atom is -0.360 e. The number of nitrogens with zero attached hydrogens (tertiary/aromatic N) is 3. The van der Waals surface area contributed by atoms with Crippen LogP contribution in [0.2, 0.25) is 0 Å². The molecule has 0 saturated carbocycles. The summed E-state index contributed by atoms with van der Waals surface area (Å²) in [6.45, 7) is 5.74. The van der Waals surface area contributed by atoms with Crippen LogP contribution in [0, 0.1) is 26.7 Å². The van der Waals surface area contributed by atoms with E-state index in [0.717, 1.165) is 16.3 Å². The van der Waals surface area contributed by atoms with Crippen LogP contribution in [0.5, 0.6) is 0 Å². The molecular formula is C21H24N4O4S2. The van der Waals surface area contributed by atoms with E-state index in [2.05, 4.69) is 15.5 Å². The molecule has 1 aromatic carbocycles. The number of benzene rings is 1. The molecule has 1 saturated heterocycles. The van der Waals surface area contributed by atoms with Crippen LogP contribution in [0.25, 0.3) is 11.3 Å². The highest BCUT2D eigenvalue weighted by Gasteiger charge is 2.35. The summed E-state index contributed by atoms with van der Waals surface area (Å²) < 4.78 is 32.3. The normalized spacial score (nSPS) is 15.8. The van der Waals surface area contributed by atoms with Crippen LogP contribution in [0.15, 0.2) is 39.1 Å². The first-order valence-corrected chi connectivity index (χ1v) is 12.3. The van der Waals surface area contributed by atoms with E-state index in [1.165, 1.54) is 4.31 Å². The number of rotatable bonds is 5. The standard InChI is InChI=1S/C21H24N4O4S2/c1-13-20(14(2)29-24-13)31(27,28)25-10-8-17(9-11-25)21(26)23-18-6-4-16(5-7-18)19-12-30-15(3)22-19/h4-7,12,17H,8-11H2,1-3H3,(H,23,26). The summed E-state index contributed by atoms with van der Waals surface area (Å²) in [6.07, 6.45) is 0.926. The SMILES string of the molecule is Cc1nc(-c2ccc(NC(=O)C3CCN(S(=O)(=O)c4c(C)noc4C)CC3)cc2)cs1. The lowest BCUT2D eigenvalue weighted by Gasteiger charge is -2.30. The van der Waals surface area contributed by atoms with Gasteiger partial charge in [-0.2, -0.15) is 4.31 Å². The van der Waals surface area contributed by atoms with Crippen molar-refractivity contribution in [2.75, 3.05) is 18.4 Å². The van der Waals surface area contributed by atoms with Gasteiger partial charge in [-0.15, -0.1) is 11.3 Å². The minimum absolute atomic E-state index is 0.0911. The maximum absolute atomic E-state index is 12.9. The first-order valence-electron chi connectivity index (χ1n) is 10.0. The summed E-state index contributed by atoms with van der Waals surface area (Å²) in [5, 5.41) is 9.71. The highest BCUT2D eigenvalue weighted by Crippen LogP contribution is 2.28. The fourth-order valence-corrected chi connectivity index (χ4v) is 6.18. The smallest absolute Gasteiger partial charge is 0.248 e. The Morgan fingerprint density at radius 2 is 1.84 bits per heavy atom. The molecule has 4 rings (SSSR count). The summed E-state index contributed by atoms with van der Waals surface area (Å²) in [4.78, 5) is 17.3. The molecular weight excluding hydrogens is 436 g/mol. The second kappa shape index (κ2) is 8.52. The van der Waals surface area contributed by atoms with E-state index >= 15 is 0 Å². The number of carbonyl (C=O) groups excluding carboxylic acids is 1. The van der Waals surface area contributed by atoms with Crippen molar-refractivity contribution in [3.8, 4) is 11.3 Å². The van der Waals surface area contributed by atoms with E-state index in [4.69, 9.17) is 4.52 Å². The van der Waals surface area contributed by atoms with Gasteiger partial charge >= 0.3 is 0 Å². The average molecular weight is 461 g/mol. The Hall–Kier alpha value is -2.56. The second-order valence-corrected chi connectivity index (χ2v) is 10.6. The highest BCUT2D eigenvalue weighted by molar-refractivity contribution is 7.89. The monoisotopic (exact) mass is 460 g/mol. The Morgan fingerprint density at radius 1 is 1.16 bits per heavy atom. The summed E-state index contributed by atoms with van der Waals surface area (Å²) >= 11 is 1.60. The summed E-state index contributed by atoms with van der Waals surface area (Å²) in [6, 6.07) is 7.59. The highest BCUT2D eigenvalue weighted by atomic mass is 32.2. The second-order valence-electron chi connectivity index (χ2n) is 7.65. The molecule has 0 unspecified atom stereocenters. The first-order chi connectivity index (χ1) is 14.8. The minimum atomic E-state index is -3.68. The van der Waals surface area contributed by atoms with Gasteiger partial charge in [0.1, 0.15) is 10.6 Å². The largest absolute Gasteiger partial charge is 0.360 e. The van der Waals surface area contributed by atoms with E-state index in [-0.39, 0.29) is 35.6 Å². The Bertz CT molecular complexity index is 1170. The van der Waals surface area contributed by atoms with Crippen LogP contribution < -0.4 is 5.32 Å². The van der Waals surface area contributed by atoms with Gasteiger partial charge in [-0.05, 0) is 45.7 Å². The van der Waals surface area contributed by atoms with Crippen LogP contribution >= 0.6 is 11.3 Å². The Labute approximate surface area is 185 Å². The number of carbonyl (C=O) groups is 1. The van der Waals surface area contributed by atoms with Crippen LogP contribution in [0.3, 0.4) is 0 Å². The summed E-state index contributed by atoms with van der Waals surface area (Å²) in [5.74, 6) is -0.0442. The van der Waals surface area contributed by atoms with Crippen molar-refractivity contribution in [3.05, 3.63) is 46.1 Å². The van der Waals surface area contributed by atoms with Gasteiger partial charge in [0.05, 0.1) is 10.7 Å². The van der Waals surface area contributed by atoms with Gasteiger partial charge < -0.3 is 9.84 Å². The number of amides is 1. The fraction of sp³-hybridized carbons (Fsp3) is 0.381. The van der Waals surface area contributed by atoms with Crippen LogP contribution in [-0.4, -0.2) is 41.9 Å². The zero-order chi connectivity index (χ0) is 22.2. The molecule has 1 N–H and O–H groups in total. The van der Waals surface area contributed by atoms with Crippen molar-refractivity contribution in [1.29, 1.82) is 0 Å². The van der Waals surface area contributed by atoms with Gasteiger partial charge in [0.2, 0.25) is 15.9 Å². The molecule has 0 atom stereocenters. The number of sulfonamides is 1. The Kier molecular flexibility index (Phi) is 5.96. The maximum Gasteiger partial charge on any atom is 0.248 e. The third-order valence-corrected chi connectivity index (χ3v) is 8.37. The molecule has 1 aliphatic heterocycles.